The van der Waals surface area contributed by atoms with Gasteiger partial charge in [0.2, 0.25) is 0 Å². The summed E-state index contributed by atoms with van der Waals surface area (Å²) in [7, 11) is -0.415. The van der Waals surface area contributed by atoms with Crippen LogP contribution < -0.4 is 14.2 Å². The Labute approximate surface area is 343 Å². The van der Waals surface area contributed by atoms with Crippen LogP contribution in [0.2, 0.25) is 19.6 Å². The molecule has 0 radical (unpaired) electrons. The van der Waals surface area contributed by atoms with E-state index < -0.39 is 38.5 Å². The smallest absolute Gasteiger partial charge is 0.343 e. The van der Waals surface area contributed by atoms with Gasteiger partial charge in [0.1, 0.15) is 28.6 Å². The minimum absolute atomic E-state index is 0.0786. The first-order valence-electron chi connectivity index (χ1n) is 19.8. The number of methoxy groups -OCH3 is 1. The number of carbonyl (C=O) groups is 2. The molecular weight excluding hydrogens is 757 g/mol. The van der Waals surface area contributed by atoms with Crippen molar-refractivity contribution in [2.75, 3.05) is 20.7 Å². The van der Waals surface area contributed by atoms with E-state index in [0.717, 1.165) is 22.4 Å². The van der Waals surface area contributed by atoms with Crippen molar-refractivity contribution >= 4 is 20.1 Å². The van der Waals surface area contributed by atoms with E-state index in [9.17, 15) is 14.7 Å². The Morgan fingerprint density at radius 2 is 1.40 bits per heavy atom. The van der Waals surface area contributed by atoms with E-state index in [1.807, 2.05) is 98.8 Å². The van der Waals surface area contributed by atoms with Crippen molar-refractivity contribution in [3.8, 4) is 17.2 Å². The van der Waals surface area contributed by atoms with Gasteiger partial charge in [-0.1, -0.05) is 79.7 Å². The number of esters is 1. The average molecular weight is 815 g/mol. The van der Waals surface area contributed by atoms with Gasteiger partial charge in [-0.2, -0.15) is 0 Å². The first-order chi connectivity index (χ1) is 27.8. The number of hydrogen-bond acceptors (Lipinski definition) is 11. The summed E-state index contributed by atoms with van der Waals surface area (Å²) in [5.74, 6) is 0.0495. The molecule has 1 aliphatic heterocycles. The standard InChI is InChI=1S/C46H58O11Si/c1-31(41(48)24-37(47)23-32(2)53-28-36-18-20-38(50-4)21-19-36)22-39-42(54-29-51-26-34-14-10-8-11-15-34)25-40-43(46(49)56-44(40)33(3)57-58(5,6)7)45(39)55-30-52-27-35-16-12-9-13-17-35/h8-21,25,31-33,37,44,47H,22-24,26-30H2,1-7H3/t31-,32-,33-,37+,44+/m0/s1. The molecule has 0 amide bonds. The van der Waals surface area contributed by atoms with E-state index in [-0.39, 0.29) is 62.7 Å². The molecule has 4 aromatic rings. The zero-order valence-electron chi connectivity index (χ0n) is 34.7. The summed E-state index contributed by atoms with van der Waals surface area (Å²) >= 11 is 0. The maximum Gasteiger partial charge on any atom is 0.343 e. The first kappa shape index (κ1) is 44.5. The molecule has 1 heterocycles. The van der Waals surface area contributed by atoms with Crippen LogP contribution in [0, 0.1) is 5.92 Å². The molecule has 0 spiro atoms. The van der Waals surface area contributed by atoms with Gasteiger partial charge in [0.05, 0.1) is 45.2 Å². The summed E-state index contributed by atoms with van der Waals surface area (Å²) in [4.78, 5) is 27.5. The Morgan fingerprint density at radius 3 is 1.98 bits per heavy atom. The van der Waals surface area contributed by atoms with Crippen molar-refractivity contribution in [1.29, 1.82) is 0 Å². The van der Waals surface area contributed by atoms with Crippen LogP contribution in [0.4, 0.5) is 0 Å². The average Bonchev–Trinajstić information content (AvgIpc) is 3.53. The molecule has 0 bridgehead atoms. The van der Waals surface area contributed by atoms with Crippen LogP contribution >= 0.6 is 0 Å². The van der Waals surface area contributed by atoms with Crippen molar-refractivity contribution in [2.45, 2.75) is 104 Å². The quantitative estimate of drug-likeness (QED) is 0.0316. The lowest BCUT2D eigenvalue weighted by Crippen LogP contribution is -2.33. The number of fused-ring (bicyclic) bond motifs is 1. The third kappa shape index (κ3) is 13.2. The monoisotopic (exact) mass is 814 g/mol. The largest absolute Gasteiger partial charge is 0.497 e. The Balaban J connectivity index is 1.37. The van der Waals surface area contributed by atoms with Crippen molar-refractivity contribution in [2.24, 2.45) is 5.92 Å². The zero-order chi connectivity index (χ0) is 41.7. The topological polar surface area (TPSA) is 128 Å². The van der Waals surface area contributed by atoms with E-state index in [2.05, 4.69) is 19.6 Å². The number of ether oxygens (including phenoxy) is 7. The number of aliphatic hydroxyl groups is 1. The van der Waals surface area contributed by atoms with Gasteiger partial charge in [-0.3, -0.25) is 4.79 Å². The summed E-state index contributed by atoms with van der Waals surface area (Å²) in [6.07, 6.45) is -2.04. The lowest BCUT2D eigenvalue weighted by atomic mass is 9.89. The van der Waals surface area contributed by atoms with Crippen LogP contribution in [0.5, 0.6) is 17.2 Å². The van der Waals surface area contributed by atoms with Gasteiger partial charge in [-0.05, 0) is 81.2 Å². The number of rotatable bonds is 24. The Bertz CT molecular complexity index is 1900. The van der Waals surface area contributed by atoms with Gasteiger partial charge in [0, 0.05) is 23.5 Å². The lowest BCUT2D eigenvalue weighted by molar-refractivity contribution is -0.124. The second-order valence-electron chi connectivity index (χ2n) is 15.7. The van der Waals surface area contributed by atoms with E-state index in [4.69, 9.17) is 37.6 Å². The highest BCUT2D eigenvalue weighted by Crippen LogP contribution is 2.46. The molecule has 12 heteroatoms. The van der Waals surface area contributed by atoms with E-state index in [0.29, 0.717) is 30.1 Å². The molecule has 0 aromatic heterocycles. The van der Waals surface area contributed by atoms with Gasteiger partial charge < -0.3 is 42.7 Å². The fourth-order valence-electron chi connectivity index (χ4n) is 6.84. The van der Waals surface area contributed by atoms with Crippen LogP contribution in [-0.2, 0) is 54.4 Å². The minimum atomic E-state index is -2.03. The summed E-state index contributed by atoms with van der Waals surface area (Å²) in [6.45, 7) is 12.5. The molecule has 0 saturated carbocycles. The molecule has 0 unspecified atom stereocenters. The summed E-state index contributed by atoms with van der Waals surface area (Å²) in [5, 5.41) is 11.0. The van der Waals surface area contributed by atoms with Gasteiger partial charge in [-0.25, -0.2) is 4.79 Å². The molecule has 0 aliphatic carbocycles. The zero-order valence-corrected chi connectivity index (χ0v) is 35.7. The molecule has 11 nitrogen and oxygen atoms in total. The predicted molar refractivity (Wildman–Crippen MR) is 222 cm³/mol. The van der Waals surface area contributed by atoms with Crippen LogP contribution in [0.3, 0.4) is 0 Å². The molecule has 1 aliphatic rings. The van der Waals surface area contributed by atoms with Gasteiger partial charge >= 0.3 is 5.97 Å². The number of aliphatic hydroxyl groups excluding tert-OH is 1. The van der Waals surface area contributed by atoms with Crippen LogP contribution in [0.1, 0.15) is 77.9 Å². The summed E-state index contributed by atoms with van der Waals surface area (Å²) in [5.41, 5.74) is 4.21. The molecule has 1 N–H and O–H groups in total. The Morgan fingerprint density at radius 1 is 0.810 bits per heavy atom. The number of Topliss-reactive ketones (excluding diaryl/α,β-unsaturated/α-hetero) is 1. The predicted octanol–water partition coefficient (Wildman–Crippen LogP) is 8.75. The molecule has 312 valence electrons. The highest BCUT2D eigenvalue weighted by atomic mass is 28.4. The fraction of sp³-hybridized carbons (Fsp3) is 0.435. The number of ketones is 1. The summed E-state index contributed by atoms with van der Waals surface area (Å²) in [6, 6.07) is 28.8. The fourth-order valence-corrected chi connectivity index (χ4v) is 8.08. The molecule has 0 saturated heterocycles. The molecule has 0 fully saturated rings. The SMILES string of the molecule is COc1ccc(CO[C@@H](C)C[C@@H](O)CC(=O)[C@@H](C)Cc2c(OCOCc3ccccc3)cc3c(c2OCOCc2ccccc2)C(=O)O[C@@H]3[C@H](C)O[Si](C)(C)C)cc1. The normalized spacial score (nSPS) is 15.9. The molecular formula is C46H58O11Si. The number of cyclic esters (lactones) is 1. The third-order valence-corrected chi connectivity index (χ3v) is 10.8. The number of benzene rings is 4. The van der Waals surface area contributed by atoms with E-state index in [1.54, 1.807) is 20.1 Å². The second-order valence-corrected chi connectivity index (χ2v) is 20.2. The van der Waals surface area contributed by atoms with Gasteiger partial charge in [-0.15, -0.1) is 0 Å². The van der Waals surface area contributed by atoms with Crippen molar-refractivity contribution in [1.82, 2.24) is 0 Å². The molecule has 4 aromatic carbocycles. The van der Waals surface area contributed by atoms with Gasteiger partial charge in [0.15, 0.2) is 28.0 Å². The van der Waals surface area contributed by atoms with Crippen molar-refractivity contribution < 1.29 is 52.3 Å². The Kier molecular flexibility index (Phi) is 16.5. The minimum Gasteiger partial charge on any atom is -0.497 e. The molecule has 5 atom stereocenters. The molecule has 58 heavy (non-hydrogen) atoms. The first-order valence-corrected chi connectivity index (χ1v) is 23.2. The maximum absolute atomic E-state index is 13.8. The number of hydrogen-bond donors (Lipinski definition) is 1. The van der Waals surface area contributed by atoms with Crippen LogP contribution in [0.25, 0.3) is 0 Å². The second kappa shape index (κ2) is 21.4. The summed E-state index contributed by atoms with van der Waals surface area (Å²) < 4.78 is 48.1. The number of carbonyl (C=O) groups excluding carboxylic acids is 2. The van der Waals surface area contributed by atoms with Crippen LogP contribution in [-0.4, -0.2) is 64.2 Å². The van der Waals surface area contributed by atoms with Crippen LogP contribution in [0.15, 0.2) is 91.0 Å². The van der Waals surface area contributed by atoms with E-state index >= 15 is 0 Å². The molecule has 5 rings (SSSR count). The van der Waals surface area contributed by atoms with Crippen molar-refractivity contribution in [3.05, 3.63) is 124 Å². The van der Waals surface area contributed by atoms with Crippen molar-refractivity contribution in [3.63, 3.8) is 0 Å². The third-order valence-electron chi connectivity index (χ3n) is 9.69. The van der Waals surface area contributed by atoms with Gasteiger partial charge in [0.25, 0.3) is 0 Å². The lowest BCUT2D eigenvalue weighted by Gasteiger charge is -2.28. The van der Waals surface area contributed by atoms with E-state index in [1.165, 1.54) is 0 Å². The highest BCUT2D eigenvalue weighted by molar-refractivity contribution is 6.69. The highest BCUT2D eigenvalue weighted by Gasteiger charge is 2.42. The Hall–Kier alpha value is -4.56. The maximum atomic E-state index is 13.8.